The number of nitrogens with zero attached hydrogens (tertiary/aromatic N) is 2. The quantitative estimate of drug-likeness (QED) is 0.804. The SMILES string of the molecule is CCc1nsc(NCC2CC2C)n1. The van der Waals surface area contributed by atoms with Crippen LogP contribution in [-0.4, -0.2) is 15.9 Å². The Kier molecular flexibility index (Phi) is 2.49. The molecule has 0 amide bonds. The number of nitrogens with one attached hydrogen (secondary N) is 1. The molecule has 0 spiro atoms. The van der Waals surface area contributed by atoms with Crippen molar-refractivity contribution in [2.24, 2.45) is 11.8 Å². The summed E-state index contributed by atoms with van der Waals surface area (Å²) in [4.78, 5) is 4.35. The van der Waals surface area contributed by atoms with Crippen LogP contribution < -0.4 is 5.32 Å². The lowest BCUT2D eigenvalue weighted by Crippen LogP contribution is -2.03. The summed E-state index contributed by atoms with van der Waals surface area (Å²) in [6.07, 6.45) is 2.30. The number of aryl methyl sites for hydroxylation is 1. The van der Waals surface area contributed by atoms with Crippen molar-refractivity contribution >= 4 is 16.7 Å². The van der Waals surface area contributed by atoms with Crippen molar-refractivity contribution in [2.45, 2.75) is 26.7 Å². The van der Waals surface area contributed by atoms with Crippen LogP contribution in [0.25, 0.3) is 0 Å². The van der Waals surface area contributed by atoms with Gasteiger partial charge in [-0.25, -0.2) is 4.98 Å². The summed E-state index contributed by atoms with van der Waals surface area (Å²) in [5, 5.41) is 4.32. The summed E-state index contributed by atoms with van der Waals surface area (Å²) in [6, 6.07) is 0. The molecule has 1 aromatic rings. The maximum absolute atomic E-state index is 4.35. The largest absolute Gasteiger partial charge is 0.360 e. The fourth-order valence-electron chi connectivity index (χ4n) is 1.37. The third kappa shape index (κ3) is 2.18. The van der Waals surface area contributed by atoms with E-state index in [-0.39, 0.29) is 0 Å². The normalized spacial score (nSPS) is 26.0. The predicted octanol–water partition coefficient (Wildman–Crippen LogP) is 2.17. The zero-order chi connectivity index (χ0) is 9.26. The molecule has 1 aliphatic carbocycles. The van der Waals surface area contributed by atoms with Crippen LogP contribution in [0, 0.1) is 11.8 Å². The minimum atomic E-state index is 0.869. The third-order valence-electron chi connectivity index (χ3n) is 2.58. The van der Waals surface area contributed by atoms with Crippen LogP contribution >= 0.6 is 11.5 Å². The van der Waals surface area contributed by atoms with E-state index in [1.807, 2.05) is 0 Å². The van der Waals surface area contributed by atoms with Gasteiger partial charge in [0.15, 0.2) is 0 Å². The van der Waals surface area contributed by atoms with Gasteiger partial charge in [-0.05, 0) is 18.3 Å². The predicted molar refractivity (Wildman–Crippen MR) is 55.0 cm³/mol. The van der Waals surface area contributed by atoms with Crippen molar-refractivity contribution in [3.8, 4) is 0 Å². The van der Waals surface area contributed by atoms with Gasteiger partial charge in [-0.15, -0.1) is 0 Å². The van der Waals surface area contributed by atoms with Gasteiger partial charge in [0.05, 0.1) is 0 Å². The Morgan fingerprint density at radius 2 is 2.38 bits per heavy atom. The van der Waals surface area contributed by atoms with Gasteiger partial charge in [-0.3, -0.25) is 0 Å². The first-order valence-electron chi connectivity index (χ1n) is 4.86. The molecule has 4 heteroatoms. The zero-order valence-corrected chi connectivity index (χ0v) is 8.90. The molecule has 72 valence electrons. The van der Waals surface area contributed by atoms with Gasteiger partial charge in [0.2, 0.25) is 5.13 Å². The van der Waals surface area contributed by atoms with Gasteiger partial charge in [0.1, 0.15) is 5.82 Å². The zero-order valence-electron chi connectivity index (χ0n) is 8.08. The van der Waals surface area contributed by atoms with E-state index in [1.54, 1.807) is 0 Å². The highest BCUT2D eigenvalue weighted by Crippen LogP contribution is 2.37. The Morgan fingerprint density at radius 1 is 1.62 bits per heavy atom. The van der Waals surface area contributed by atoms with E-state index in [4.69, 9.17) is 0 Å². The topological polar surface area (TPSA) is 37.8 Å². The van der Waals surface area contributed by atoms with Crippen molar-refractivity contribution in [2.75, 3.05) is 11.9 Å². The molecule has 1 saturated carbocycles. The van der Waals surface area contributed by atoms with Gasteiger partial charge >= 0.3 is 0 Å². The van der Waals surface area contributed by atoms with Gasteiger partial charge in [0, 0.05) is 24.5 Å². The standard InChI is InChI=1S/C9H15N3S/c1-3-8-11-9(13-12-8)10-5-7-4-6(7)2/h6-7H,3-5H2,1-2H3,(H,10,11,12). The summed E-state index contributed by atoms with van der Waals surface area (Å²) < 4.78 is 4.22. The Morgan fingerprint density at radius 3 is 2.92 bits per heavy atom. The molecule has 1 aromatic heterocycles. The molecule has 2 unspecified atom stereocenters. The molecule has 0 saturated heterocycles. The minimum Gasteiger partial charge on any atom is -0.360 e. The van der Waals surface area contributed by atoms with E-state index in [1.165, 1.54) is 18.0 Å². The Bertz CT molecular complexity index is 284. The van der Waals surface area contributed by atoms with E-state index in [9.17, 15) is 0 Å². The third-order valence-corrected chi connectivity index (χ3v) is 3.29. The van der Waals surface area contributed by atoms with Gasteiger partial charge < -0.3 is 5.32 Å². The number of aromatic nitrogens is 2. The van der Waals surface area contributed by atoms with Crippen molar-refractivity contribution in [1.82, 2.24) is 9.36 Å². The maximum Gasteiger partial charge on any atom is 0.202 e. The fraction of sp³-hybridized carbons (Fsp3) is 0.778. The molecular formula is C9H15N3S. The number of anilines is 1. The van der Waals surface area contributed by atoms with Crippen LogP contribution in [0.3, 0.4) is 0 Å². The molecule has 0 aliphatic heterocycles. The highest BCUT2D eigenvalue weighted by Gasteiger charge is 2.32. The Labute approximate surface area is 82.8 Å². The fourth-order valence-corrected chi connectivity index (χ4v) is 2.03. The first kappa shape index (κ1) is 8.94. The highest BCUT2D eigenvalue weighted by atomic mass is 32.1. The Balaban J connectivity index is 1.80. The van der Waals surface area contributed by atoms with Crippen molar-refractivity contribution in [1.29, 1.82) is 0 Å². The van der Waals surface area contributed by atoms with Crippen LogP contribution in [0.15, 0.2) is 0 Å². The van der Waals surface area contributed by atoms with Crippen LogP contribution in [-0.2, 0) is 6.42 Å². The van der Waals surface area contributed by atoms with Crippen molar-refractivity contribution in [3.63, 3.8) is 0 Å². The average Bonchev–Trinajstić information content (AvgIpc) is 2.68. The van der Waals surface area contributed by atoms with E-state index in [0.29, 0.717) is 0 Å². The number of rotatable bonds is 4. The second kappa shape index (κ2) is 3.62. The number of hydrogen-bond acceptors (Lipinski definition) is 4. The highest BCUT2D eigenvalue weighted by molar-refractivity contribution is 7.09. The summed E-state index contributed by atoms with van der Waals surface area (Å²) in [7, 11) is 0. The molecule has 13 heavy (non-hydrogen) atoms. The summed E-state index contributed by atoms with van der Waals surface area (Å²) >= 11 is 1.47. The van der Waals surface area contributed by atoms with Crippen molar-refractivity contribution < 1.29 is 0 Å². The molecule has 2 atom stereocenters. The lowest BCUT2D eigenvalue weighted by molar-refractivity contribution is 0.786. The summed E-state index contributed by atoms with van der Waals surface area (Å²) in [5.74, 6) is 2.73. The number of hydrogen-bond donors (Lipinski definition) is 1. The molecule has 1 fully saturated rings. The van der Waals surface area contributed by atoms with Crippen molar-refractivity contribution in [3.05, 3.63) is 5.82 Å². The monoisotopic (exact) mass is 197 g/mol. The average molecular weight is 197 g/mol. The van der Waals surface area contributed by atoms with E-state index in [2.05, 4.69) is 28.5 Å². The molecule has 3 nitrogen and oxygen atoms in total. The molecule has 0 bridgehead atoms. The molecule has 1 aliphatic rings. The van der Waals surface area contributed by atoms with E-state index >= 15 is 0 Å². The minimum absolute atomic E-state index is 0.869. The molecule has 1 heterocycles. The van der Waals surface area contributed by atoms with Gasteiger partial charge in [-0.1, -0.05) is 13.8 Å². The van der Waals surface area contributed by atoms with E-state index in [0.717, 1.165) is 35.8 Å². The maximum atomic E-state index is 4.35. The van der Waals surface area contributed by atoms with Crippen LogP contribution in [0.1, 0.15) is 26.1 Å². The van der Waals surface area contributed by atoms with E-state index < -0.39 is 0 Å². The van der Waals surface area contributed by atoms with Crippen LogP contribution in [0.5, 0.6) is 0 Å². The lowest BCUT2D eigenvalue weighted by Gasteiger charge is -1.98. The second-order valence-corrected chi connectivity index (χ2v) is 4.48. The van der Waals surface area contributed by atoms with Crippen LogP contribution in [0.4, 0.5) is 5.13 Å². The molecule has 1 N–H and O–H groups in total. The smallest absolute Gasteiger partial charge is 0.202 e. The second-order valence-electron chi connectivity index (χ2n) is 3.72. The van der Waals surface area contributed by atoms with Gasteiger partial charge in [-0.2, -0.15) is 4.37 Å². The Hall–Kier alpha value is -0.640. The molecule has 0 radical (unpaired) electrons. The summed E-state index contributed by atoms with van der Waals surface area (Å²) in [6.45, 7) is 5.44. The lowest BCUT2D eigenvalue weighted by atomic mass is 10.3. The molecule has 2 rings (SSSR count). The van der Waals surface area contributed by atoms with Crippen LogP contribution in [0.2, 0.25) is 0 Å². The van der Waals surface area contributed by atoms with Gasteiger partial charge in [0.25, 0.3) is 0 Å². The summed E-state index contributed by atoms with van der Waals surface area (Å²) in [5.41, 5.74) is 0. The molecule has 0 aromatic carbocycles. The first-order valence-corrected chi connectivity index (χ1v) is 5.63. The first-order chi connectivity index (χ1) is 6.29. The molecular weight excluding hydrogens is 182 g/mol.